The molecule has 2 aromatic heterocycles. The summed E-state index contributed by atoms with van der Waals surface area (Å²) >= 11 is 9.43. The molecule has 0 unspecified atom stereocenters. The van der Waals surface area contributed by atoms with Crippen molar-refractivity contribution in [3.8, 4) is 17.3 Å². The maximum atomic E-state index is 13.4. The molecule has 0 aliphatic rings. The quantitative estimate of drug-likeness (QED) is 0.188. The van der Waals surface area contributed by atoms with Crippen molar-refractivity contribution in [1.82, 2.24) is 9.66 Å². The maximum absolute atomic E-state index is 13.4. The van der Waals surface area contributed by atoms with Gasteiger partial charge >= 0.3 is 0 Å². The van der Waals surface area contributed by atoms with Crippen LogP contribution >= 0.6 is 27.5 Å². The molecular weight excluding hydrogens is 566 g/mol. The summed E-state index contributed by atoms with van der Waals surface area (Å²) in [6, 6.07) is 29.8. The van der Waals surface area contributed by atoms with Crippen LogP contribution in [0.3, 0.4) is 0 Å². The Kier molecular flexibility index (Phi) is 6.54. The van der Waals surface area contributed by atoms with Crippen molar-refractivity contribution in [2.75, 3.05) is 0 Å². The molecule has 0 bridgehead atoms. The van der Waals surface area contributed by atoms with E-state index in [1.165, 1.54) is 4.68 Å². The molecule has 186 valence electrons. The molecular formula is C30H19BrClN3O3. The Hall–Kier alpha value is -4.20. The van der Waals surface area contributed by atoms with E-state index in [4.69, 9.17) is 25.7 Å². The average Bonchev–Trinajstić information content (AvgIpc) is 3.36. The summed E-state index contributed by atoms with van der Waals surface area (Å²) in [6.45, 7) is 0.431. The standard InChI is InChI=1S/C30H19BrClN3O3/c31-22-9-14-27-21(15-22)16-28(38-27)29-34-26-4-2-1-3-25(26)30(36)35(29)33-17-19-7-12-24(13-8-19)37-18-20-5-10-23(32)11-6-20/h1-17H,18H2. The van der Waals surface area contributed by atoms with E-state index in [1.54, 1.807) is 24.4 Å². The molecule has 0 atom stereocenters. The number of aromatic nitrogens is 2. The van der Waals surface area contributed by atoms with Crippen LogP contribution in [0.25, 0.3) is 33.5 Å². The minimum atomic E-state index is -0.286. The van der Waals surface area contributed by atoms with Gasteiger partial charge in [-0.25, -0.2) is 4.98 Å². The Morgan fingerprint density at radius 3 is 2.58 bits per heavy atom. The van der Waals surface area contributed by atoms with Crippen molar-refractivity contribution >= 4 is 55.6 Å². The van der Waals surface area contributed by atoms with E-state index in [9.17, 15) is 4.79 Å². The molecule has 0 spiro atoms. The van der Waals surface area contributed by atoms with E-state index in [-0.39, 0.29) is 5.56 Å². The second-order valence-electron chi connectivity index (χ2n) is 8.59. The molecule has 6 aromatic rings. The number of hydrogen-bond donors (Lipinski definition) is 0. The molecule has 0 radical (unpaired) electrons. The highest BCUT2D eigenvalue weighted by molar-refractivity contribution is 9.10. The lowest BCUT2D eigenvalue weighted by Crippen LogP contribution is -2.20. The van der Waals surface area contributed by atoms with E-state index >= 15 is 0 Å². The molecule has 0 amide bonds. The van der Waals surface area contributed by atoms with Crippen molar-refractivity contribution < 1.29 is 9.15 Å². The van der Waals surface area contributed by atoms with E-state index in [0.29, 0.717) is 39.7 Å². The zero-order chi connectivity index (χ0) is 26.1. The van der Waals surface area contributed by atoms with Crippen molar-refractivity contribution in [1.29, 1.82) is 0 Å². The number of halogens is 2. The predicted molar refractivity (Wildman–Crippen MR) is 154 cm³/mol. The fourth-order valence-corrected chi connectivity index (χ4v) is 4.54. The third-order valence-corrected chi connectivity index (χ3v) is 6.72. The van der Waals surface area contributed by atoms with Gasteiger partial charge in [0, 0.05) is 14.9 Å². The molecule has 2 heterocycles. The van der Waals surface area contributed by atoms with Crippen LogP contribution < -0.4 is 10.3 Å². The topological polar surface area (TPSA) is 69.6 Å². The lowest BCUT2D eigenvalue weighted by Gasteiger charge is -2.08. The van der Waals surface area contributed by atoms with Gasteiger partial charge < -0.3 is 9.15 Å². The van der Waals surface area contributed by atoms with Crippen LogP contribution in [0.1, 0.15) is 11.1 Å². The Bertz CT molecular complexity index is 1860. The molecule has 0 saturated heterocycles. The Morgan fingerprint density at radius 2 is 1.76 bits per heavy atom. The third kappa shape index (κ3) is 4.98. The van der Waals surface area contributed by atoms with Crippen LogP contribution in [-0.2, 0) is 6.61 Å². The Balaban J connectivity index is 1.32. The summed E-state index contributed by atoms with van der Waals surface area (Å²) in [5.74, 6) is 1.49. The number of para-hydroxylation sites is 1. The van der Waals surface area contributed by atoms with Gasteiger partial charge in [-0.15, -0.1) is 0 Å². The molecule has 0 N–H and O–H groups in total. The number of rotatable bonds is 6. The lowest BCUT2D eigenvalue weighted by atomic mass is 10.2. The van der Waals surface area contributed by atoms with Crippen LogP contribution in [0.2, 0.25) is 5.02 Å². The molecule has 6 rings (SSSR count). The summed E-state index contributed by atoms with van der Waals surface area (Å²) in [4.78, 5) is 18.2. The first-order valence-electron chi connectivity index (χ1n) is 11.8. The van der Waals surface area contributed by atoms with Crippen LogP contribution in [0, 0.1) is 0 Å². The van der Waals surface area contributed by atoms with Crippen molar-refractivity contribution in [3.63, 3.8) is 0 Å². The molecule has 0 fully saturated rings. The van der Waals surface area contributed by atoms with Gasteiger partial charge in [0.25, 0.3) is 5.56 Å². The van der Waals surface area contributed by atoms with Gasteiger partial charge in [-0.2, -0.15) is 9.78 Å². The summed E-state index contributed by atoms with van der Waals surface area (Å²) in [5, 5.41) is 6.57. The fourth-order valence-electron chi connectivity index (χ4n) is 4.04. The summed E-state index contributed by atoms with van der Waals surface area (Å²) < 4.78 is 14.1. The van der Waals surface area contributed by atoms with E-state index in [0.717, 1.165) is 26.7 Å². The Labute approximate surface area is 230 Å². The van der Waals surface area contributed by atoms with Gasteiger partial charge in [0.05, 0.1) is 17.1 Å². The average molecular weight is 585 g/mol. The number of fused-ring (bicyclic) bond motifs is 2. The lowest BCUT2D eigenvalue weighted by molar-refractivity contribution is 0.306. The van der Waals surface area contributed by atoms with Gasteiger partial charge in [-0.3, -0.25) is 4.79 Å². The largest absolute Gasteiger partial charge is 0.489 e. The first-order valence-corrected chi connectivity index (χ1v) is 12.9. The van der Waals surface area contributed by atoms with Gasteiger partial charge in [-0.05, 0) is 83.9 Å². The minimum Gasteiger partial charge on any atom is -0.489 e. The first kappa shape index (κ1) is 24.2. The third-order valence-electron chi connectivity index (χ3n) is 5.97. The highest BCUT2D eigenvalue weighted by Gasteiger charge is 2.16. The second kappa shape index (κ2) is 10.3. The number of furan rings is 1. The molecule has 8 heteroatoms. The first-order chi connectivity index (χ1) is 18.5. The van der Waals surface area contributed by atoms with Gasteiger partial charge in [0.2, 0.25) is 5.82 Å². The zero-order valence-corrected chi connectivity index (χ0v) is 22.2. The number of hydrogen-bond acceptors (Lipinski definition) is 5. The number of ether oxygens (including phenoxy) is 1. The zero-order valence-electron chi connectivity index (χ0n) is 19.8. The van der Waals surface area contributed by atoms with Crippen molar-refractivity contribution in [2.24, 2.45) is 5.10 Å². The number of benzene rings is 4. The molecule has 38 heavy (non-hydrogen) atoms. The molecule has 0 aliphatic heterocycles. The molecule has 6 nitrogen and oxygen atoms in total. The van der Waals surface area contributed by atoms with Crippen LogP contribution in [-0.4, -0.2) is 15.9 Å². The van der Waals surface area contributed by atoms with Crippen LogP contribution in [0.15, 0.2) is 116 Å². The molecule has 4 aromatic carbocycles. The van der Waals surface area contributed by atoms with Crippen molar-refractivity contribution in [2.45, 2.75) is 6.61 Å². The fraction of sp³-hybridized carbons (Fsp3) is 0.0333. The predicted octanol–water partition coefficient (Wildman–Crippen LogP) is 7.69. The highest BCUT2D eigenvalue weighted by atomic mass is 79.9. The minimum absolute atomic E-state index is 0.286. The summed E-state index contributed by atoms with van der Waals surface area (Å²) in [6.07, 6.45) is 1.61. The second-order valence-corrected chi connectivity index (χ2v) is 9.94. The monoisotopic (exact) mass is 583 g/mol. The van der Waals surface area contributed by atoms with Crippen LogP contribution in [0.5, 0.6) is 5.75 Å². The molecule has 0 saturated carbocycles. The maximum Gasteiger partial charge on any atom is 0.282 e. The van der Waals surface area contributed by atoms with Gasteiger partial charge in [-0.1, -0.05) is 51.8 Å². The van der Waals surface area contributed by atoms with E-state index < -0.39 is 0 Å². The van der Waals surface area contributed by atoms with E-state index in [1.807, 2.05) is 78.9 Å². The molecule has 0 aliphatic carbocycles. The van der Waals surface area contributed by atoms with Gasteiger partial charge in [0.1, 0.15) is 17.9 Å². The SMILES string of the molecule is O=c1c2ccccc2nc(-c2cc3cc(Br)ccc3o2)n1N=Cc1ccc(OCc2ccc(Cl)cc2)cc1. The number of nitrogens with zero attached hydrogens (tertiary/aromatic N) is 3. The Morgan fingerprint density at radius 1 is 0.974 bits per heavy atom. The van der Waals surface area contributed by atoms with E-state index in [2.05, 4.69) is 21.0 Å². The summed E-state index contributed by atoms with van der Waals surface area (Å²) in [5.41, 5.74) is 2.79. The van der Waals surface area contributed by atoms with Crippen LogP contribution in [0.4, 0.5) is 0 Å². The van der Waals surface area contributed by atoms with Crippen molar-refractivity contribution in [3.05, 3.63) is 128 Å². The normalized spacial score (nSPS) is 11.5. The highest BCUT2D eigenvalue weighted by Crippen LogP contribution is 2.29. The smallest absolute Gasteiger partial charge is 0.282 e. The summed E-state index contributed by atoms with van der Waals surface area (Å²) in [7, 11) is 0. The van der Waals surface area contributed by atoms with Gasteiger partial charge in [0.15, 0.2) is 5.76 Å².